The predicted octanol–water partition coefficient (Wildman–Crippen LogP) is 3.33. The zero-order valence-corrected chi connectivity index (χ0v) is 16.2. The lowest BCUT2D eigenvalue weighted by molar-refractivity contribution is 0.0948. The van der Waals surface area contributed by atoms with Crippen LogP contribution in [0, 0.1) is 6.92 Å². The number of aryl methyl sites for hydroxylation is 1. The van der Waals surface area contributed by atoms with Gasteiger partial charge in [0.1, 0.15) is 11.5 Å². The van der Waals surface area contributed by atoms with Gasteiger partial charge in [-0.05, 0) is 61.0 Å². The molecule has 28 heavy (non-hydrogen) atoms. The Hall–Kier alpha value is -3.26. The Balaban J connectivity index is 1.77. The second kappa shape index (κ2) is 8.18. The van der Waals surface area contributed by atoms with E-state index in [1.165, 1.54) is 31.6 Å². The summed E-state index contributed by atoms with van der Waals surface area (Å²) in [6.45, 7) is 2.00. The molecule has 2 aromatic carbocycles. The van der Waals surface area contributed by atoms with E-state index in [0.29, 0.717) is 28.3 Å². The summed E-state index contributed by atoms with van der Waals surface area (Å²) in [7, 11) is -2.30. The van der Waals surface area contributed by atoms with Crippen molar-refractivity contribution < 1.29 is 22.4 Å². The van der Waals surface area contributed by atoms with E-state index in [2.05, 4.69) is 10.0 Å². The van der Waals surface area contributed by atoms with Crippen molar-refractivity contribution in [2.75, 3.05) is 11.8 Å². The van der Waals surface area contributed by atoms with Gasteiger partial charge in [0.25, 0.3) is 15.9 Å². The number of anilines is 1. The molecule has 0 aliphatic rings. The quantitative estimate of drug-likeness (QED) is 0.634. The van der Waals surface area contributed by atoms with Crippen LogP contribution >= 0.6 is 0 Å². The van der Waals surface area contributed by atoms with Crippen molar-refractivity contribution in [2.24, 2.45) is 0 Å². The molecule has 0 radical (unpaired) electrons. The molecule has 3 aromatic rings. The van der Waals surface area contributed by atoms with Gasteiger partial charge in [-0.1, -0.05) is 6.07 Å². The summed E-state index contributed by atoms with van der Waals surface area (Å²) in [6, 6.07) is 14.4. The van der Waals surface area contributed by atoms with Gasteiger partial charge in [0.2, 0.25) is 0 Å². The number of methoxy groups -OCH3 is 1. The van der Waals surface area contributed by atoms with Crippen LogP contribution in [-0.4, -0.2) is 21.4 Å². The number of ether oxygens (including phenoxy) is 1. The second-order valence-corrected chi connectivity index (χ2v) is 7.76. The maximum Gasteiger partial charge on any atom is 0.261 e. The molecule has 0 aliphatic carbocycles. The summed E-state index contributed by atoms with van der Waals surface area (Å²) < 4.78 is 38.1. The summed E-state index contributed by atoms with van der Waals surface area (Å²) in [4.78, 5) is 12.5. The minimum Gasteiger partial charge on any atom is -0.497 e. The molecule has 0 atom stereocenters. The average molecular weight is 400 g/mol. The summed E-state index contributed by atoms with van der Waals surface area (Å²) in [5.74, 6) is 0.854. The molecular weight excluding hydrogens is 380 g/mol. The third kappa shape index (κ3) is 4.52. The molecule has 0 spiro atoms. The number of benzene rings is 2. The van der Waals surface area contributed by atoms with Crippen LogP contribution in [0.5, 0.6) is 5.75 Å². The molecule has 3 rings (SSSR count). The molecule has 1 heterocycles. The van der Waals surface area contributed by atoms with E-state index in [1.807, 2.05) is 0 Å². The topological polar surface area (TPSA) is 97.6 Å². The van der Waals surface area contributed by atoms with Crippen LogP contribution < -0.4 is 14.8 Å². The summed E-state index contributed by atoms with van der Waals surface area (Å²) in [6.07, 6.45) is 1.53. The lowest BCUT2D eigenvalue weighted by atomic mass is 10.1. The van der Waals surface area contributed by atoms with E-state index in [9.17, 15) is 13.2 Å². The van der Waals surface area contributed by atoms with Crippen LogP contribution in [0.4, 0.5) is 5.69 Å². The van der Waals surface area contributed by atoms with Crippen molar-refractivity contribution in [3.8, 4) is 5.75 Å². The zero-order valence-electron chi connectivity index (χ0n) is 15.4. The first-order valence-corrected chi connectivity index (χ1v) is 9.95. The van der Waals surface area contributed by atoms with Gasteiger partial charge in [0.15, 0.2) is 0 Å². The molecule has 1 amide bonds. The SMILES string of the molecule is COc1ccc(S(=O)(=O)Nc2cc(C(=O)NCc3ccco3)ccc2C)cc1. The van der Waals surface area contributed by atoms with E-state index in [-0.39, 0.29) is 17.3 Å². The Bertz CT molecular complexity index is 1060. The first-order chi connectivity index (χ1) is 13.4. The maximum atomic E-state index is 12.7. The van der Waals surface area contributed by atoms with Crippen molar-refractivity contribution in [1.82, 2.24) is 5.32 Å². The van der Waals surface area contributed by atoms with Crippen LogP contribution in [0.25, 0.3) is 0 Å². The van der Waals surface area contributed by atoms with Gasteiger partial charge in [-0.2, -0.15) is 0 Å². The van der Waals surface area contributed by atoms with Crippen LogP contribution in [-0.2, 0) is 16.6 Å². The Labute approximate surface area is 163 Å². The Morgan fingerprint density at radius 3 is 2.50 bits per heavy atom. The van der Waals surface area contributed by atoms with E-state index in [1.54, 1.807) is 43.3 Å². The smallest absolute Gasteiger partial charge is 0.261 e. The molecule has 0 bridgehead atoms. The highest BCUT2D eigenvalue weighted by Crippen LogP contribution is 2.23. The van der Waals surface area contributed by atoms with Gasteiger partial charge in [-0.3, -0.25) is 9.52 Å². The van der Waals surface area contributed by atoms with Crippen molar-refractivity contribution in [1.29, 1.82) is 0 Å². The molecule has 0 saturated heterocycles. The highest BCUT2D eigenvalue weighted by molar-refractivity contribution is 7.92. The Morgan fingerprint density at radius 2 is 1.86 bits per heavy atom. The Kier molecular flexibility index (Phi) is 5.70. The molecule has 0 aliphatic heterocycles. The Morgan fingerprint density at radius 1 is 1.11 bits per heavy atom. The maximum absolute atomic E-state index is 12.7. The van der Waals surface area contributed by atoms with Gasteiger partial charge in [-0.15, -0.1) is 0 Å². The molecule has 146 valence electrons. The number of hydrogen-bond donors (Lipinski definition) is 2. The second-order valence-electron chi connectivity index (χ2n) is 6.07. The molecule has 0 fully saturated rings. The molecule has 0 unspecified atom stereocenters. The van der Waals surface area contributed by atoms with Crippen molar-refractivity contribution in [2.45, 2.75) is 18.4 Å². The van der Waals surface area contributed by atoms with Gasteiger partial charge in [0.05, 0.1) is 30.5 Å². The van der Waals surface area contributed by atoms with E-state index in [4.69, 9.17) is 9.15 Å². The third-order valence-corrected chi connectivity index (χ3v) is 5.50. The molecule has 0 saturated carbocycles. The number of carbonyl (C=O) groups excluding carboxylic acids is 1. The predicted molar refractivity (Wildman–Crippen MR) is 105 cm³/mol. The average Bonchev–Trinajstić information content (AvgIpc) is 3.21. The van der Waals surface area contributed by atoms with E-state index < -0.39 is 10.0 Å². The molecule has 7 nitrogen and oxygen atoms in total. The number of hydrogen-bond acceptors (Lipinski definition) is 5. The van der Waals surface area contributed by atoms with Gasteiger partial charge >= 0.3 is 0 Å². The fourth-order valence-corrected chi connectivity index (χ4v) is 3.64. The molecular formula is C20H20N2O5S. The molecule has 1 aromatic heterocycles. The van der Waals surface area contributed by atoms with Crippen LogP contribution in [0.1, 0.15) is 21.7 Å². The summed E-state index contributed by atoms with van der Waals surface area (Å²) in [5, 5.41) is 2.73. The fourth-order valence-electron chi connectivity index (χ4n) is 2.51. The van der Waals surface area contributed by atoms with Crippen molar-refractivity contribution in [3.63, 3.8) is 0 Å². The largest absolute Gasteiger partial charge is 0.497 e. The first kappa shape index (κ1) is 19.5. The van der Waals surface area contributed by atoms with Gasteiger partial charge < -0.3 is 14.5 Å². The lowest BCUT2D eigenvalue weighted by Crippen LogP contribution is -2.23. The number of carbonyl (C=O) groups is 1. The van der Waals surface area contributed by atoms with Gasteiger partial charge in [0, 0.05) is 5.56 Å². The lowest BCUT2D eigenvalue weighted by Gasteiger charge is -2.13. The summed E-state index contributed by atoms with van der Waals surface area (Å²) in [5.41, 5.74) is 1.37. The van der Waals surface area contributed by atoms with Crippen LogP contribution in [0.3, 0.4) is 0 Å². The van der Waals surface area contributed by atoms with Crippen LogP contribution in [0.2, 0.25) is 0 Å². The van der Waals surface area contributed by atoms with E-state index in [0.717, 1.165) is 0 Å². The number of amides is 1. The number of rotatable bonds is 7. The highest BCUT2D eigenvalue weighted by Gasteiger charge is 2.17. The summed E-state index contributed by atoms with van der Waals surface area (Å²) >= 11 is 0. The van der Waals surface area contributed by atoms with E-state index >= 15 is 0 Å². The standard InChI is InChI=1S/C20H20N2O5S/c1-14-5-6-15(20(23)21-13-17-4-3-11-27-17)12-19(14)22-28(24,25)18-9-7-16(26-2)8-10-18/h3-12,22H,13H2,1-2H3,(H,21,23). The third-order valence-electron chi connectivity index (χ3n) is 4.12. The normalized spacial score (nSPS) is 11.1. The minimum atomic E-state index is -3.80. The monoisotopic (exact) mass is 400 g/mol. The van der Waals surface area contributed by atoms with Crippen LogP contribution in [0.15, 0.2) is 70.2 Å². The zero-order chi connectivity index (χ0) is 20.1. The number of sulfonamides is 1. The minimum absolute atomic E-state index is 0.0976. The highest BCUT2D eigenvalue weighted by atomic mass is 32.2. The molecule has 8 heteroatoms. The fraction of sp³-hybridized carbons (Fsp3) is 0.150. The first-order valence-electron chi connectivity index (χ1n) is 8.47. The van der Waals surface area contributed by atoms with Crippen molar-refractivity contribution in [3.05, 3.63) is 77.7 Å². The molecule has 2 N–H and O–H groups in total. The van der Waals surface area contributed by atoms with Crippen molar-refractivity contribution >= 4 is 21.6 Å². The number of nitrogens with one attached hydrogen (secondary N) is 2. The van der Waals surface area contributed by atoms with Gasteiger partial charge in [-0.25, -0.2) is 8.42 Å². The number of furan rings is 1.